The van der Waals surface area contributed by atoms with Crippen molar-refractivity contribution in [3.8, 4) is 0 Å². The molecular weight excluding hydrogens is 138 g/mol. The summed E-state index contributed by atoms with van der Waals surface area (Å²) >= 11 is 0. The maximum atomic E-state index is 11.2. The number of nitrogens with two attached hydrogens (primary N) is 1. The highest BCUT2D eigenvalue weighted by molar-refractivity contribution is 5.80. The zero-order valence-electron chi connectivity index (χ0n) is 7.60. The monoisotopic (exact) mass is 157 g/mol. The predicted octanol–water partition coefficient (Wildman–Crippen LogP) is 1.73. The largest absolute Gasteiger partial charge is 0.330 e. The van der Waals surface area contributed by atoms with E-state index in [1.165, 1.54) is 0 Å². The van der Waals surface area contributed by atoms with E-state index in [-0.39, 0.29) is 5.92 Å². The molecule has 66 valence electrons. The fourth-order valence-corrected chi connectivity index (χ4v) is 1.12. The summed E-state index contributed by atoms with van der Waals surface area (Å²) in [5.74, 6) is 0.615. The standard InChI is InChI=1S/C9H19NO/c1-3-5-8(2)9(11)6-4-7-10/h8H,3-7,10H2,1-2H3. The molecule has 0 aromatic rings. The molecule has 1 atom stereocenters. The Morgan fingerprint density at radius 3 is 2.64 bits per heavy atom. The van der Waals surface area contributed by atoms with Crippen molar-refractivity contribution < 1.29 is 4.79 Å². The van der Waals surface area contributed by atoms with Crippen LogP contribution in [0.3, 0.4) is 0 Å². The van der Waals surface area contributed by atoms with Crippen molar-refractivity contribution in [3.63, 3.8) is 0 Å². The lowest BCUT2D eigenvalue weighted by molar-refractivity contribution is -0.122. The minimum Gasteiger partial charge on any atom is -0.330 e. The Morgan fingerprint density at radius 2 is 2.18 bits per heavy atom. The highest BCUT2D eigenvalue weighted by atomic mass is 16.1. The molecule has 1 unspecified atom stereocenters. The Bertz CT molecular complexity index is 112. The second-order valence-corrected chi connectivity index (χ2v) is 3.05. The summed E-state index contributed by atoms with van der Waals surface area (Å²) < 4.78 is 0. The second-order valence-electron chi connectivity index (χ2n) is 3.05. The third-order valence-corrected chi connectivity index (χ3v) is 1.90. The fourth-order valence-electron chi connectivity index (χ4n) is 1.12. The first-order valence-electron chi connectivity index (χ1n) is 4.45. The van der Waals surface area contributed by atoms with Gasteiger partial charge in [-0.1, -0.05) is 20.3 Å². The summed E-state index contributed by atoms with van der Waals surface area (Å²) in [5, 5.41) is 0. The number of hydrogen-bond donors (Lipinski definition) is 1. The van der Waals surface area contributed by atoms with Crippen LogP contribution >= 0.6 is 0 Å². The van der Waals surface area contributed by atoms with Crippen LogP contribution in [-0.4, -0.2) is 12.3 Å². The lowest BCUT2D eigenvalue weighted by Gasteiger charge is -2.07. The normalized spacial score (nSPS) is 13.0. The van der Waals surface area contributed by atoms with Gasteiger partial charge in [0.25, 0.3) is 0 Å². The number of hydrogen-bond acceptors (Lipinski definition) is 2. The summed E-state index contributed by atoms with van der Waals surface area (Å²) in [4.78, 5) is 11.2. The van der Waals surface area contributed by atoms with Crippen LogP contribution in [0.15, 0.2) is 0 Å². The third kappa shape index (κ3) is 4.96. The van der Waals surface area contributed by atoms with Crippen LogP contribution in [0.1, 0.15) is 39.5 Å². The van der Waals surface area contributed by atoms with Gasteiger partial charge < -0.3 is 5.73 Å². The molecule has 0 rings (SSSR count). The van der Waals surface area contributed by atoms with Crippen molar-refractivity contribution in [2.24, 2.45) is 11.7 Å². The van der Waals surface area contributed by atoms with Crippen molar-refractivity contribution in [1.82, 2.24) is 0 Å². The van der Waals surface area contributed by atoms with Gasteiger partial charge in [-0.3, -0.25) is 4.79 Å². The molecule has 0 fully saturated rings. The Kier molecular flexibility index (Phi) is 6.13. The SMILES string of the molecule is CCCC(C)C(=O)CCCN. The van der Waals surface area contributed by atoms with Crippen LogP contribution in [0.4, 0.5) is 0 Å². The van der Waals surface area contributed by atoms with E-state index in [4.69, 9.17) is 5.73 Å². The lowest BCUT2D eigenvalue weighted by atomic mass is 9.98. The molecule has 0 aliphatic carbocycles. The number of carbonyl (C=O) groups excluding carboxylic acids is 1. The molecular formula is C9H19NO. The van der Waals surface area contributed by atoms with Gasteiger partial charge in [-0.2, -0.15) is 0 Å². The van der Waals surface area contributed by atoms with Crippen LogP contribution in [0.5, 0.6) is 0 Å². The lowest BCUT2D eigenvalue weighted by Crippen LogP contribution is -2.12. The zero-order valence-corrected chi connectivity index (χ0v) is 7.60. The second kappa shape index (κ2) is 6.35. The quantitative estimate of drug-likeness (QED) is 0.638. The summed E-state index contributed by atoms with van der Waals surface area (Å²) in [7, 11) is 0. The molecule has 0 radical (unpaired) electrons. The van der Waals surface area contributed by atoms with E-state index in [0.717, 1.165) is 19.3 Å². The van der Waals surface area contributed by atoms with Crippen LogP contribution in [0.25, 0.3) is 0 Å². The Balaban J connectivity index is 3.47. The van der Waals surface area contributed by atoms with E-state index in [9.17, 15) is 4.79 Å². The van der Waals surface area contributed by atoms with Crippen LogP contribution in [0.2, 0.25) is 0 Å². The smallest absolute Gasteiger partial charge is 0.135 e. The van der Waals surface area contributed by atoms with Crippen molar-refractivity contribution in [2.45, 2.75) is 39.5 Å². The summed E-state index contributed by atoms with van der Waals surface area (Å²) in [6, 6.07) is 0. The Labute approximate surface area is 69.2 Å². The van der Waals surface area contributed by atoms with Crippen LogP contribution in [0, 0.1) is 5.92 Å². The van der Waals surface area contributed by atoms with E-state index in [0.29, 0.717) is 18.7 Å². The van der Waals surface area contributed by atoms with Gasteiger partial charge in [-0.15, -0.1) is 0 Å². The zero-order chi connectivity index (χ0) is 8.69. The molecule has 0 bridgehead atoms. The van der Waals surface area contributed by atoms with Crippen molar-refractivity contribution >= 4 is 5.78 Å². The minimum atomic E-state index is 0.242. The maximum Gasteiger partial charge on any atom is 0.135 e. The molecule has 0 saturated heterocycles. The molecule has 0 spiro atoms. The van der Waals surface area contributed by atoms with Gasteiger partial charge in [0.15, 0.2) is 0 Å². The average molecular weight is 157 g/mol. The molecule has 0 amide bonds. The van der Waals surface area contributed by atoms with E-state index >= 15 is 0 Å². The molecule has 0 aliphatic rings. The summed E-state index contributed by atoms with van der Waals surface area (Å²) in [5.41, 5.74) is 5.30. The van der Waals surface area contributed by atoms with Gasteiger partial charge in [-0.25, -0.2) is 0 Å². The summed E-state index contributed by atoms with van der Waals surface area (Å²) in [6.45, 7) is 4.74. The average Bonchev–Trinajstić information content (AvgIpc) is 2.00. The van der Waals surface area contributed by atoms with Crippen molar-refractivity contribution in [1.29, 1.82) is 0 Å². The Morgan fingerprint density at radius 1 is 1.55 bits per heavy atom. The molecule has 2 nitrogen and oxygen atoms in total. The first kappa shape index (κ1) is 10.6. The molecule has 11 heavy (non-hydrogen) atoms. The fraction of sp³-hybridized carbons (Fsp3) is 0.889. The summed E-state index contributed by atoms with van der Waals surface area (Å²) in [6.07, 6.45) is 3.61. The molecule has 2 N–H and O–H groups in total. The van der Waals surface area contributed by atoms with Crippen molar-refractivity contribution in [2.75, 3.05) is 6.54 Å². The van der Waals surface area contributed by atoms with E-state index < -0.39 is 0 Å². The molecule has 0 aromatic heterocycles. The van der Waals surface area contributed by atoms with E-state index in [1.54, 1.807) is 0 Å². The van der Waals surface area contributed by atoms with E-state index in [1.807, 2.05) is 6.92 Å². The highest BCUT2D eigenvalue weighted by Gasteiger charge is 2.09. The molecule has 0 aliphatic heterocycles. The first-order valence-corrected chi connectivity index (χ1v) is 4.45. The van der Waals surface area contributed by atoms with Gasteiger partial charge in [0.1, 0.15) is 5.78 Å². The van der Waals surface area contributed by atoms with Crippen LogP contribution < -0.4 is 5.73 Å². The Hall–Kier alpha value is -0.370. The highest BCUT2D eigenvalue weighted by Crippen LogP contribution is 2.09. The maximum absolute atomic E-state index is 11.2. The molecule has 2 heteroatoms. The molecule has 0 saturated carbocycles. The molecule has 0 heterocycles. The van der Waals surface area contributed by atoms with Gasteiger partial charge in [0, 0.05) is 12.3 Å². The van der Waals surface area contributed by atoms with Gasteiger partial charge in [0.05, 0.1) is 0 Å². The number of Topliss-reactive ketones (excluding diaryl/α,β-unsaturated/α-hetero) is 1. The first-order chi connectivity index (χ1) is 5.22. The van der Waals surface area contributed by atoms with Crippen LogP contribution in [-0.2, 0) is 4.79 Å². The third-order valence-electron chi connectivity index (χ3n) is 1.90. The topological polar surface area (TPSA) is 43.1 Å². The molecule has 0 aromatic carbocycles. The van der Waals surface area contributed by atoms with Crippen molar-refractivity contribution in [3.05, 3.63) is 0 Å². The predicted molar refractivity (Wildman–Crippen MR) is 47.4 cm³/mol. The van der Waals surface area contributed by atoms with Gasteiger partial charge >= 0.3 is 0 Å². The minimum absolute atomic E-state index is 0.242. The number of ketones is 1. The number of carbonyl (C=O) groups is 1. The van der Waals surface area contributed by atoms with Gasteiger partial charge in [0.2, 0.25) is 0 Å². The van der Waals surface area contributed by atoms with E-state index in [2.05, 4.69) is 6.92 Å². The number of rotatable bonds is 6. The van der Waals surface area contributed by atoms with Gasteiger partial charge in [-0.05, 0) is 19.4 Å².